The molecule has 4 aliphatic rings. The van der Waals surface area contributed by atoms with Crippen LogP contribution >= 0.6 is 10.7 Å². The van der Waals surface area contributed by atoms with Crippen molar-refractivity contribution in [2.24, 2.45) is 0 Å². The van der Waals surface area contributed by atoms with Crippen molar-refractivity contribution in [1.82, 2.24) is 4.31 Å². The number of rotatable bonds is 3. The first-order valence-corrected chi connectivity index (χ1v) is 20.3. The van der Waals surface area contributed by atoms with Gasteiger partial charge in [-0.2, -0.15) is 0 Å². The molecule has 0 saturated heterocycles. The van der Waals surface area contributed by atoms with Crippen molar-refractivity contribution in [3.8, 4) is 0 Å². The van der Waals surface area contributed by atoms with Crippen molar-refractivity contribution < 1.29 is 4.79 Å². The molecule has 0 saturated carbocycles. The lowest BCUT2D eigenvalue weighted by molar-refractivity contribution is 0.0895. The molecule has 0 aromatic heterocycles. The zero-order valence-corrected chi connectivity index (χ0v) is 32.2. The lowest BCUT2D eigenvalue weighted by Gasteiger charge is -2.45. The summed E-state index contributed by atoms with van der Waals surface area (Å²) in [5.41, 5.74) is 13.1. The van der Waals surface area contributed by atoms with E-state index in [2.05, 4.69) is 194 Å². The first kappa shape index (κ1) is 33.0. The lowest BCUT2D eigenvalue weighted by atomic mass is 9.73. The van der Waals surface area contributed by atoms with Crippen molar-refractivity contribution in [2.45, 2.75) is 63.2 Å². The number of carbonyl (C=O) groups excluding carboxylic acids is 1. The molecule has 266 valence electrons. The molecule has 54 heavy (non-hydrogen) atoms. The van der Waals surface area contributed by atoms with Gasteiger partial charge in [-0.25, -0.2) is 0 Å². The van der Waals surface area contributed by atoms with Crippen LogP contribution in [-0.2, 0) is 10.8 Å². The standard InChI is InChI=1S/C49H43N3OS/c1-6-54-46-43(51-40-26-16-12-22-36(40)49(4,5)37-23-13-17-27-41(37)51)31-29-32-28-30-42(45(44(32)46)47(53)52(54)33-18-8-7-9-19-33)50-38-24-14-10-20-34(38)48(2,3)35-21-11-15-25-39(35)50/h6-8,10-18,20-31H,9,19H2,1-5H3. The minimum absolute atomic E-state index is 0.0589. The number of carbonyl (C=O) groups is 1. The third-order valence-electron chi connectivity index (χ3n) is 12.1. The summed E-state index contributed by atoms with van der Waals surface area (Å²) in [5.74, 6) is 0.0589. The lowest BCUT2D eigenvalue weighted by Crippen LogP contribution is -2.35. The third-order valence-corrected chi connectivity index (χ3v) is 14.2. The number of anilines is 6. The minimum atomic E-state index is -0.671. The second-order valence-corrected chi connectivity index (χ2v) is 17.6. The summed E-state index contributed by atoms with van der Waals surface area (Å²) in [6.07, 6.45) is 8.19. The summed E-state index contributed by atoms with van der Waals surface area (Å²) in [4.78, 5) is 21.7. The molecule has 1 amide bonds. The van der Waals surface area contributed by atoms with Gasteiger partial charge in [-0.1, -0.05) is 135 Å². The zero-order chi connectivity index (χ0) is 36.9. The molecule has 3 aliphatic heterocycles. The van der Waals surface area contributed by atoms with Crippen LogP contribution in [0, 0.1) is 0 Å². The quantitative estimate of drug-likeness (QED) is 0.170. The Morgan fingerprint density at radius 3 is 1.52 bits per heavy atom. The zero-order valence-electron chi connectivity index (χ0n) is 31.4. The van der Waals surface area contributed by atoms with Gasteiger partial charge in [0.15, 0.2) is 0 Å². The van der Waals surface area contributed by atoms with E-state index >= 15 is 4.79 Å². The van der Waals surface area contributed by atoms with Crippen LogP contribution in [0.4, 0.5) is 34.1 Å². The van der Waals surface area contributed by atoms with Gasteiger partial charge in [-0.3, -0.25) is 9.10 Å². The number of benzene rings is 6. The Hall–Kier alpha value is -5.65. The highest BCUT2D eigenvalue weighted by Gasteiger charge is 2.43. The molecular weight excluding hydrogens is 679 g/mol. The highest BCUT2D eigenvalue weighted by atomic mass is 32.2. The fourth-order valence-electron chi connectivity index (χ4n) is 9.53. The molecule has 0 fully saturated rings. The molecule has 1 aliphatic carbocycles. The van der Waals surface area contributed by atoms with Crippen LogP contribution in [0.25, 0.3) is 10.8 Å². The molecule has 4 nitrogen and oxygen atoms in total. The molecule has 10 rings (SSSR count). The molecule has 6 aromatic rings. The maximum atomic E-state index is 15.7. The first-order valence-electron chi connectivity index (χ1n) is 19.0. The number of fused-ring (bicyclic) bond motifs is 4. The van der Waals surface area contributed by atoms with Crippen molar-refractivity contribution in [3.63, 3.8) is 0 Å². The second kappa shape index (κ2) is 11.9. The van der Waals surface area contributed by atoms with Crippen LogP contribution in [-0.4, -0.2) is 15.6 Å². The number of allylic oxidation sites excluding steroid dienone is 4. The predicted molar refractivity (Wildman–Crippen MR) is 228 cm³/mol. The molecule has 1 atom stereocenters. The number of nitrogens with zero attached hydrogens (tertiary/aromatic N) is 3. The molecule has 0 radical (unpaired) electrons. The van der Waals surface area contributed by atoms with E-state index < -0.39 is 10.7 Å². The van der Waals surface area contributed by atoms with E-state index in [0.29, 0.717) is 0 Å². The summed E-state index contributed by atoms with van der Waals surface area (Å²) < 4.78 is 2.13. The topological polar surface area (TPSA) is 26.8 Å². The third kappa shape index (κ3) is 4.45. The summed E-state index contributed by atoms with van der Waals surface area (Å²) >= 11 is 0. The van der Waals surface area contributed by atoms with Crippen LogP contribution in [0.15, 0.2) is 150 Å². The highest BCUT2D eigenvalue weighted by molar-refractivity contribution is 8.13. The Labute approximate surface area is 320 Å². The summed E-state index contributed by atoms with van der Waals surface area (Å²) in [6, 6.07) is 44.1. The van der Waals surface area contributed by atoms with Gasteiger partial charge in [-0.15, -0.1) is 0 Å². The van der Waals surface area contributed by atoms with Crippen LogP contribution in [0.3, 0.4) is 0 Å². The largest absolute Gasteiger partial charge is 0.309 e. The molecule has 5 heteroatoms. The van der Waals surface area contributed by atoms with Crippen LogP contribution in [0.2, 0.25) is 0 Å². The van der Waals surface area contributed by atoms with Crippen LogP contribution < -0.4 is 9.80 Å². The smallest absolute Gasteiger partial charge is 0.270 e. The summed E-state index contributed by atoms with van der Waals surface area (Å²) in [5, 5.41) is 4.37. The van der Waals surface area contributed by atoms with E-state index in [1.165, 1.54) is 38.5 Å². The Morgan fingerprint density at radius 1 is 0.593 bits per heavy atom. The molecule has 0 spiro atoms. The monoisotopic (exact) mass is 721 g/mol. The van der Waals surface area contributed by atoms with E-state index in [4.69, 9.17) is 0 Å². The Morgan fingerprint density at radius 2 is 1.06 bits per heavy atom. The van der Waals surface area contributed by atoms with Gasteiger partial charge in [0.05, 0.1) is 44.6 Å². The molecule has 1 unspecified atom stereocenters. The minimum Gasteiger partial charge on any atom is -0.309 e. The molecule has 3 heterocycles. The maximum absolute atomic E-state index is 15.7. The molecule has 6 aromatic carbocycles. The van der Waals surface area contributed by atoms with Gasteiger partial charge in [-0.05, 0) is 95.2 Å². The van der Waals surface area contributed by atoms with E-state index in [1.807, 2.05) is 0 Å². The predicted octanol–water partition coefficient (Wildman–Crippen LogP) is 13.1. The number of para-hydroxylation sites is 4. The van der Waals surface area contributed by atoms with Gasteiger partial charge < -0.3 is 9.80 Å². The SMILES string of the molecule is C/C=S1\c2c(N3c4ccccc4C(C)(C)c4ccccc43)ccc3ccc(N4c5ccccc5C(C)(C)c5ccccc54)c(c23)C(=O)N1C1=CC=CCC1. The summed E-state index contributed by atoms with van der Waals surface area (Å²) in [6.45, 7) is 11.4. The number of amides is 1. The van der Waals surface area contributed by atoms with Gasteiger partial charge in [0.2, 0.25) is 0 Å². The van der Waals surface area contributed by atoms with Gasteiger partial charge in [0, 0.05) is 21.9 Å². The molecular formula is C49H43N3OS. The van der Waals surface area contributed by atoms with E-state index in [9.17, 15) is 0 Å². The average Bonchev–Trinajstić information content (AvgIpc) is 3.20. The first-order chi connectivity index (χ1) is 26.2. The highest BCUT2D eigenvalue weighted by Crippen LogP contribution is 2.60. The maximum Gasteiger partial charge on any atom is 0.270 e. The van der Waals surface area contributed by atoms with Crippen molar-refractivity contribution in [3.05, 3.63) is 173 Å². The van der Waals surface area contributed by atoms with Gasteiger partial charge in [0.25, 0.3) is 5.91 Å². The second-order valence-electron chi connectivity index (χ2n) is 15.7. The van der Waals surface area contributed by atoms with Gasteiger partial charge >= 0.3 is 0 Å². The number of hydrogen-bond acceptors (Lipinski definition) is 3. The molecule has 0 bridgehead atoms. The van der Waals surface area contributed by atoms with Crippen molar-refractivity contribution in [1.29, 1.82) is 0 Å². The van der Waals surface area contributed by atoms with Crippen LogP contribution in [0.5, 0.6) is 0 Å². The summed E-state index contributed by atoms with van der Waals surface area (Å²) in [7, 11) is -0.671. The molecule has 0 N–H and O–H groups in total. The van der Waals surface area contributed by atoms with Crippen molar-refractivity contribution in [2.75, 3.05) is 9.80 Å². The van der Waals surface area contributed by atoms with E-state index in [0.717, 1.165) is 57.6 Å². The van der Waals surface area contributed by atoms with Crippen molar-refractivity contribution >= 4 is 66.8 Å². The Kier molecular flexibility index (Phi) is 7.28. The normalized spacial score (nSPS) is 18.9. The van der Waals surface area contributed by atoms with E-state index in [1.54, 1.807) is 0 Å². The average molecular weight is 722 g/mol. The van der Waals surface area contributed by atoms with E-state index in [-0.39, 0.29) is 16.7 Å². The Bertz CT molecular complexity index is 2580. The Balaban J connectivity index is 1.33. The fourth-order valence-corrected chi connectivity index (χ4v) is 11.6. The van der Waals surface area contributed by atoms with Crippen LogP contribution in [0.1, 0.15) is 80.1 Å². The fraction of sp³-hybridized carbons (Fsp3) is 0.184. The number of hydrogen-bond donors (Lipinski definition) is 0. The van der Waals surface area contributed by atoms with Gasteiger partial charge in [0.1, 0.15) is 0 Å².